The number of hydrogen-bond acceptors (Lipinski definition) is 3. The third-order valence-electron chi connectivity index (χ3n) is 5.06. The Morgan fingerprint density at radius 1 is 1.14 bits per heavy atom. The minimum Gasteiger partial charge on any atom is -0.347 e. The summed E-state index contributed by atoms with van der Waals surface area (Å²) in [6, 6.07) is 6.51. The molecule has 2 unspecified atom stereocenters. The minimum atomic E-state index is -0.434. The predicted molar refractivity (Wildman–Crippen MR) is 77.7 cm³/mol. The van der Waals surface area contributed by atoms with Gasteiger partial charge in [0.05, 0.1) is 13.2 Å². The third kappa shape index (κ3) is 2.52. The summed E-state index contributed by atoms with van der Waals surface area (Å²) in [6.07, 6.45) is 2.39. The number of benzene rings is 1. The van der Waals surface area contributed by atoms with Crippen LogP contribution in [0.1, 0.15) is 30.7 Å². The molecule has 3 fully saturated rings. The summed E-state index contributed by atoms with van der Waals surface area (Å²) in [5, 5.41) is 0. The molecule has 118 valence electrons. The Morgan fingerprint density at radius 2 is 1.77 bits per heavy atom. The van der Waals surface area contributed by atoms with Crippen molar-refractivity contribution in [2.24, 2.45) is 5.92 Å². The highest BCUT2D eigenvalue weighted by atomic mass is 19.1. The van der Waals surface area contributed by atoms with Crippen molar-refractivity contribution in [3.05, 3.63) is 35.6 Å². The molecule has 1 aromatic carbocycles. The molecule has 1 aliphatic carbocycles. The Hall–Kier alpha value is -1.46. The smallest absolute Gasteiger partial charge is 0.226 e. The van der Waals surface area contributed by atoms with Crippen LogP contribution in [0.2, 0.25) is 0 Å². The number of hydrogen-bond donors (Lipinski definition) is 0. The summed E-state index contributed by atoms with van der Waals surface area (Å²) in [5.74, 6) is -0.128. The Morgan fingerprint density at radius 3 is 2.41 bits per heavy atom. The molecule has 2 saturated heterocycles. The van der Waals surface area contributed by atoms with Crippen LogP contribution in [0, 0.1) is 11.7 Å². The number of amides is 1. The van der Waals surface area contributed by atoms with E-state index in [-0.39, 0.29) is 23.6 Å². The Balaban J connectivity index is 1.35. The number of halogens is 1. The lowest BCUT2D eigenvalue weighted by molar-refractivity contribution is -0.187. The third-order valence-corrected chi connectivity index (χ3v) is 5.06. The molecule has 0 bridgehead atoms. The fourth-order valence-corrected chi connectivity index (χ4v) is 3.63. The molecule has 0 radical (unpaired) electrons. The summed E-state index contributed by atoms with van der Waals surface area (Å²) in [4.78, 5) is 14.5. The maximum atomic E-state index is 13.0. The van der Waals surface area contributed by atoms with Gasteiger partial charge in [-0.15, -0.1) is 0 Å². The topological polar surface area (TPSA) is 38.8 Å². The van der Waals surface area contributed by atoms with E-state index in [0.717, 1.165) is 24.8 Å². The van der Waals surface area contributed by atoms with Crippen LogP contribution in [-0.4, -0.2) is 42.9 Å². The first-order valence-electron chi connectivity index (χ1n) is 7.99. The Labute approximate surface area is 129 Å². The van der Waals surface area contributed by atoms with Crippen molar-refractivity contribution in [1.82, 2.24) is 4.90 Å². The van der Waals surface area contributed by atoms with Gasteiger partial charge < -0.3 is 14.4 Å². The fraction of sp³-hybridized carbons (Fsp3) is 0.588. The first kappa shape index (κ1) is 14.2. The molecule has 3 aliphatic rings. The van der Waals surface area contributed by atoms with Crippen molar-refractivity contribution >= 4 is 5.91 Å². The lowest BCUT2D eigenvalue weighted by Crippen LogP contribution is -2.47. The van der Waals surface area contributed by atoms with Crippen molar-refractivity contribution in [1.29, 1.82) is 0 Å². The van der Waals surface area contributed by atoms with Gasteiger partial charge in [0.2, 0.25) is 5.91 Å². The first-order chi connectivity index (χ1) is 10.7. The van der Waals surface area contributed by atoms with E-state index < -0.39 is 5.79 Å². The largest absolute Gasteiger partial charge is 0.347 e. The van der Waals surface area contributed by atoms with Gasteiger partial charge in [0.25, 0.3) is 0 Å². The summed E-state index contributed by atoms with van der Waals surface area (Å²) >= 11 is 0. The SMILES string of the molecule is O=C(C1CC1c1ccc(F)cc1)N1CCC2(CC1)OCCO2. The van der Waals surface area contributed by atoms with Gasteiger partial charge in [-0.1, -0.05) is 12.1 Å². The van der Waals surface area contributed by atoms with E-state index in [1.165, 1.54) is 12.1 Å². The van der Waals surface area contributed by atoms with Crippen LogP contribution in [0.5, 0.6) is 0 Å². The van der Waals surface area contributed by atoms with Gasteiger partial charge in [-0.25, -0.2) is 4.39 Å². The van der Waals surface area contributed by atoms with Crippen molar-refractivity contribution < 1.29 is 18.7 Å². The number of likely N-dealkylation sites (tertiary alicyclic amines) is 1. The van der Waals surface area contributed by atoms with Crippen LogP contribution in [0.15, 0.2) is 24.3 Å². The van der Waals surface area contributed by atoms with Crippen molar-refractivity contribution in [3.8, 4) is 0 Å². The van der Waals surface area contributed by atoms with Crippen LogP contribution >= 0.6 is 0 Å². The standard InChI is InChI=1S/C17H20FNO3/c18-13-3-1-12(2-4-13)14-11-15(14)16(20)19-7-5-17(6-8-19)21-9-10-22-17/h1-4,14-15H,5-11H2. The van der Waals surface area contributed by atoms with Crippen molar-refractivity contribution in [2.75, 3.05) is 26.3 Å². The monoisotopic (exact) mass is 305 g/mol. The zero-order valence-electron chi connectivity index (χ0n) is 12.5. The highest BCUT2D eigenvalue weighted by Gasteiger charge is 2.48. The molecular formula is C17H20FNO3. The summed E-state index contributed by atoms with van der Waals surface area (Å²) in [7, 11) is 0. The van der Waals surface area contributed by atoms with E-state index in [1.54, 1.807) is 12.1 Å². The van der Waals surface area contributed by atoms with E-state index in [2.05, 4.69) is 0 Å². The Kier molecular flexibility index (Phi) is 3.42. The molecule has 5 heteroatoms. The number of ether oxygens (including phenoxy) is 2. The summed E-state index contributed by atoms with van der Waals surface area (Å²) < 4.78 is 24.3. The molecule has 1 amide bonds. The van der Waals surface area contributed by atoms with Crippen molar-refractivity contribution in [2.45, 2.75) is 31.0 Å². The second-order valence-corrected chi connectivity index (χ2v) is 6.43. The first-order valence-corrected chi connectivity index (χ1v) is 7.99. The van der Waals surface area contributed by atoms with Crippen LogP contribution in [0.3, 0.4) is 0 Å². The molecule has 1 saturated carbocycles. The zero-order chi connectivity index (χ0) is 15.2. The maximum absolute atomic E-state index is 13.0. The van der Waals surface area contributed by atoms with E-state index in [1.807, 2.05) is 4.90 Å². The van der Waals surface area contributed by atoms with Gasteiger partial charge in [0.15, 0.2) is 5.79 Å². The number of carbonyl (C=O) groups excluding carboxylic acids is 1. The average molecular weight is 305 g/mol. The number of nitrogens with zero attached hydrogens (tertiary/aromatic N) is 1. The molecule has 2 atom stereocenters. The highest BCUT2D eigenvalue weighted by Crippen LogP contribution is 2.49. The van der Waals surface area contributed by atoms with E-state index in [0.29, 0.717) is 26.3 Å². The van der Waals surface area contributed by atoms with Crippen molar-refractivity contribution in [3.63, 3.8) is 0 Å². The van der Waals surface area contributed by atoms with Crippen LogP contribution in [0.25, 0.3) is 0 Å². The molecule has 2 heterocycles. The lowest BCUT2D eigenvalue weighted by Gasteiger charge is -2.37. The predicted octanol–water partition coefficient (Wildman–Crippen LogP) is 2.29. The van der Waals surface area contributed by atoms with Crippen LogP contribution in [-0.2, 0) is 14.3 Å². The quantitative estimate of drug-likeness (QED) is 0.841. The van der Waals surface area contributed by atoms with Gasteiger partial charge >= 0.3 is 0 Å². The molecule has 1 aromatic rings. The van der Waals surface area contributed by atoms with E-state index in [9.17, 15) is 9.18 Å². The van der Waals surface area contributed by atoms with Crippen LogP contribution in [0.4, 0.5) is 4.39 Å². The molecule has 1 spiro atoms. The molecule has 0 N–H and O–H groups in total. The maximum Gasteiger partial charge on any atom is 0.226 e. The molecule has 22 heavy (non-hydrogen) atoms. The van der Waals surface area contributed by atoms with E-state index in [4.69, 9.17) is 9.47 Å². The normalized spacial score (nSPS) is 29.8. The van der Waals surface area contributed by atoms with Gasteiger partial charge in [-0.05, 0) is 30.0 Å². The fourth-order valence-electron chi connectivity index (χ4n) is 3.63. The highest BCUT2D eigenvalue weighted by molar-refractivity contribution is 5.83. The summed E-state index contributed by atoms with van der Waals surface area (Å²) in [6.45, 7) is 2.71. The number of carbonyl (C=O) groups is 1. The minimum absolute atomic E-state index is 0.0601. The number of piperidine rings is 1. The molecule has 4 nitrogen and oxygen atoms in total. The zero-order valence-corrected chi connectivity index (χ0v) is 12.5. The van der Waals surface area contributed by atoms with Gasteiger partial charge in [0, 0.05) is 31.8 Å². The molecule has 4 rings (SSSR count). The molecular weight excluding hydrogens is 285 g/mol. The van der Waals surface area contributed by atoms with Gasteiger partial charge in [0.1, 0.15) is 5.82 Å². The lowest BCUT2D eigenvalue weighted by atomic mass is 10.0. The second-order valence-electron chi connectivity index (χ2n) is 6.43. The average Bonchev–Trinajstić information content (AvgIpc) is 3.22. The number of rotatable bonds is 2. The van der Waals surface area contributed by atoms with Crippen LogP contribution < -0.4 is 0 Å². The Bertz CT molecular complexity index is 558. The van der Waals surface area contributed by atoms with Gasteiger partial charge in [-0.2, -0.15) is 0 Å². The summed E-state index contributed by atoms with van der Waals surface area (Å²) in [5.41, 5.74) is 1.07. The van der Waals surface area contributed by atoms with E-state index >= 15 is 0 Å². The molecule has 2 aliphatic heterocycles. The van der Waals surface area contributed by atoms with Gasteiger partial charge in [-0.3, -0.25) is 4.79 Å². The second kappa shape index (κ2) is 5.32. The molecule has 0 aromatic heterocycles.